The first-order valence-corrected chi connectivity index (χ1v) is 8.04. The van der Waals surface area contributed by atoms with E-state index in [4.69, 9.17) is 0 Å². The first kappa shape index (κ1) is 12.1. The Morgan fingerprint density at radius 3 is 2.72 bits per heavy atom. The van der Waals surface area contributed by atoms with Crippen LogP contribution in [0, 0.1) is 0 Å². The SMILES string of the molecule is BrCCCc1cccc2c1Nc1ccccc1S2. The van der Waals surface area contributed by atoms with Crippen molar-refractivity contribution >= 4 is 39.1 Å². The first-order chi connectivity index (χ1) is 8.88. The summed E-state index contributed by atoms with van der Waals surface area (Å²) in [6, 6.07) is 15.1. The molecule has 1 N–H and O–H groups in total. The number of para-hydroxylation sites is 2. The fraction of sp³-hybridized carbons (Fsp3) is 0.200. The lowest BCUT2D eigenvalue weighted by Gasteiger charge is -2.23. The highest BCUT2D eigenvalue weighted by Gasteiger charge is 2.17. The van der Waals surface area contributed by atoms with E-state index in [1.165, 1.54) is 33.2 Å². The van der Waals surface area contributed by atoms with Gasteiger partial charge in [-0.25, -0.2) is 0 Å². The van der Waals surface area contributed by atoms with Crippen molar-refractivity contribution in [3.8, 4) is 0 Å². The van der Waals surface area contributed by atoms with Crippen LogP contribution in [0.2, 0.25) is 0 Å². The molecule has 1 aliphatic heterocycles. The van der Waals surface area contributed by atoms with Gasteiger partial charge in [0.2, 0.25) is 0 Å². The highest BCUT2D eigenvalue weighted by molar-refractivity contribution is 9.09. The Kier molecular flexibility index (Phi) is 3.62. The van der Waals surface area contributed by atoms with Gasteiger partial charge in [-0.15, -0.1) is 0 Å². The van der Waals surface area contributed by atoms with Gasteiger partial charge < -0.3 is 5.32 Å². The fourth-order valence-corrected chi connectivity index (χ4v) is 3.50. The Labute approximate surface area is 120 Å². The molecular formula is C15H14BrNS. The van der Waals surface area contributed by atoms with Crippen LogP contribution < -0.4 is 5.32 Å². The van der Waals surface area contributed by atoms with Crippen molar-refractivity contribution < 1.29 is 0 Å². The van der Waals surface area contributed by atoms with E-state index in [2.05, 4.69) is 63.7 Å². The van der Waals surface area contributed by atoms with E-state index in [1.807, 2.05) is 11.8 Å². The minimum absolute atomic E-state index is 1.06. The summed E-state index contributed by atoms with van der Waals surface area (Å²) in [7, 11) is 0. The summed E-state index contributed by atoms with van der Waals surface area (Å²) in [5.41, 5.74) is 3.93. The minimum atomic E-state index is 1.06. The summed E-state index contributed by atoms with van der Waals surface area (Å²) < 4.78 is 0. The molecule has 1 aliphatic rings. The molecule has 0 saturated carbocycles. The predicted molar refractivity (Wildman–Crippen MR) is 82.4 cm³/mol. The summed E-state index contributed by atoms with van der Waals surface area (Å²) in [6.45, 7) is 0. The van der Waals surface area contributed by atoms with E-state index >= 15 is 0 Å². The number of fused-ring (bicyclic) bond motifs is 2. The quantitative estimate of drug-likeness (QED) is 0.664. The van der Waals surface area contributed by atoms with Gasteiger partial charge in [0.05, 0.1) is 11.4 Å². The van der Waals surface area contributed by atoms with Crippen molar-refractivity contribution in [3.05, 3.63) is 48.0 Å². The topological polar surface area (TPSA) is 12.0 Å². The highest BCUT2D eigenvalue weighted by Crippen LogP contribution is 2.45. The molecule has 0 radical (unpaired) electrons. The Morgan fingerprint density at radius 2 is 1.83 bits per heavy atom. The normalized spacial score (nSPS) is 12.5. The van der Waals surface area contributed by atoms with Crippen molar-refractivity contribution in [1.29, 1.82) is 0 Å². The Bertz CT molecular complexity index is 568. The summed E-state index contributed by atoms with van der Waals surface area (Å²) >= 11 is 5.36. The van der Waals surface area contributed by atoms with Crippen LogP contribution in [0.25, 0.3) is 0 Å². The maximum atomic E-state index is 3.58. The molecule has 92 valence electrons. The Morgan fingerprint density at radius 1 is 1.00 bits per heavy atom. The molecule has 0 amide bonds. The zero-order valence-electron chi connectivity index (χ0n) is 9.95. The van der Waals surface area contributed by atoms with Gasteiger partial charge in [0.25, 0.3) is 0 Å². The molecule has 3 rings (SSSR count). The standard InChI is InChI=1S/C15H14BrNS/c16-10-4-6-11-5-3-9-14-15(11)17-12-7-1-2-8-13(12)18-14/h1-3,5,7-9,17H,4,6,10H2. The monoisotopic (exact) mass is 319 g/mol. The van der Waals surface area contributed by atoms with E-state index in [-0.39, 0.29) is 0 Å². The largest absolute Gasteiger partial charge is 0.353 e. The fourth-order valence-electron chi connectivity index (χ4n) is 2.18. The van der Waals surface area contributed by atoms with Crippen LogP contribution in [0.4, 0.5) is 11.4 Å². The van der Waals surface area contributed by atoms with Gasteiger partial charge in [0.1, 0.15) is 0 Å². The van der Waals surface area contributed by atoms with E-state index in [1.54, 1.807) is 0 Å². The van der Waals surface area contributed by atoms with Crippen LogP contribution in [0.5, 0.6) is 0 Å². The van der Waals surface area contributed by atoms with E-state index in [0.29, 0.717) is 0 Å². The van der Waals surface area contributed by atoms with Crippen LogP contribution in [-0.2, 0) is 6.42 Å². The lowest BCUT2D eigenvalue weighted by molar-refractivity contribution is 0.936. The molecule has 0 saturated heterocycles. The van der Waals surface area contributed by atoms with Crippen molar-refractivity contribution in [1.82, 2.24) is 0 Å². The second kappa shape index (κ2) is 5.37. The number of hydrogen-bond donors (Lipinski definition) is 1. The Balaban J connectivity index is 1.97. The van der Waals surface area contributed by atoms with Gasteiger partial charge in [-0.05, 0) is 36.6 Å². The number of alkyl halides is 1. The van der Waals surface area contributed by atoms with Crippen LogP contribution >= 0.6 is 27.7 Å². The van der Waals surface area contributed by atoms with Gasteiger partial charge in [-0.2, -0.15) is 0 Å². The van der Waals surface area contributed by atoms with Gasteiger partial charge in [0, 0.05) is 15.1 Å². The van der Waals surface area contributed by atoms with Gasteiger partial charge in [-0.3, -0.25) is 0 Å². The molecule has 0 unspecified atom stereocenters. The molecular weight excluding hydrogens is 306 g/mol. The lowest BCUT2D eigenvalue weighted by Crippen LogP contribution is -2.03. The summed E-state index contributed by atoms with van der Waals surface area (Å²) in [6.07, 6.45) is 2.29. The number of nitrogens with one attached hydrogen (secondary N) is 1. The third-order valence-electron chi connectivity index (χ3n) is 3.06. The molecule has 2 aromatic carbocycles. The lowest BCUT2D eigenvalue weighted by atomic mass is 10.1. The maximum Gasteiger partial charge on any atom is 0.0558 e. The average Bonchev–Trinajstić information content (AvgIpc) is 2.43. The second-order valence-electron chi connectivity index (χ2n) is 4.31. The number of hydrogen-bond acceptors (Lipinski definition) is 2. The number of anilines is 2. The number of rotatable bonds is 3. The van der Waals surface area contributed by atoms with Crippen molar-refractivity contribution in [2.24, 2.45) is 0 Å². The van der Waals surface area contributed by atoms with Crippen molar-refractivity contribution in [2.75, 3.05) is 10.6 Å². The highest BCUT2D eigenvalue weighted by atomic mass is 79.9. The summed E-state index contributed by atoms with van der Waals surface area (Å²) in [4.78, 5) is 2.64. The van der Waals surface area contributed by atoms with Gasteiger partial charge >= 0.3 is 0 Å². The van der Waals surface area contributed by atoms with E-state index in [9.17, 15) is 0 Å². The number of aryl methyl sites for hydroxylation is 1. The maximum absolute atomic E-state index is 3.58. The van der Waals surface area contributed by atoms with E-state index in [0.717, 1.165) is 11.8 Å². The molecule has 0 aliphatic carbocycles. The second-order valence-corrected chi connectivity index (χ2v) is 6.18. The first-order valence-electron chi connectivity index (χ1n) is 6.10. The van der Waals surface area contributed by atoms with Gasteiger partial charge in [0.15, 0.2) is 0 Å². The van der Waals surface area contributed by atoms with Crippen molar-refractivity contribution in [2.45, 2.75) is 22.6 Å². The molecule has 0 spiro atoms. The van der Waals surface area contributed by atoms with Crippen LogP contribution in [0.15, 0.2) is 52.3 Å². The third-order valence-corrected chi connectivity index (χ3v) is 4.76. The molecule has 0 aromatic heterocycles. The molecule has 0 bridgehead atoms. The zero-order chi connectivity index (χ0) is 12.4. The van der Waals surface area contributed by atoms with E-state index < -0.39 is 0 Å². The van der Waals surface area contributed by atoms with Crippen molar-refractivity contribution in [3.63, 3.8) is 0 Å². The van der Waals surface area contributed by atoms with Crippen LogP contribution in [0.3, 0.4) is 0 Å². The molecule has 1 nitrogen and oxygen atoms in total. The average molecular weight is 320 g/mol. The summed E-state index contributed by atoms with van der Waals surface area (Å²) in [5, 5.41) is 4.64. The molecule has 18 heavy (non-hydrogen) atoms. The molecule has 1 heterocycles. The Hall–Kier alpha value is -0.930. The summed E-state index contributed by atoms with van der Waals surface area (Å²) in [5.74, 6) is 0. The molecule has 3 heteroatoms. The molecule has 0 atom stereocenters. The van der Waals surface area contributed by atoms with Gasteiger partial charge in [-0.1, -0.05) is 52.0 Å². The van der Waals surface area contributed by atoms with Crippen LogP contribution in [-0.4, -0.2) is 5.33 Å². The number of benzene rings is 2. The number of halogens is 1. The molecule has 2 aromatic rings. The van der Waals surface area contributed by atoms with Crippen LogP contribution in [0.1, 0.15) is 12.0 Å². The predicted octanol–water partition coefficient (Wildman–Crippen LogP) is 5.22. The zero-order valence-corrected chi connectivity index (χ0v) is 12.4. The minimum Gasteiger partial charge on any atom is -0.353 e. The third kappa shape index (κ3) is 2.29. The molecule has 0 fully saturated rings. The smallest absolute Gasteiger partial charge is 0.0558 e.